The highest BCUT2D eigenvalue weighted by molar-refractivity contribution is 5.94. The SMILES string of the molecule is CNC(=O)C1CC2(CCN(C(=O)c3cc(C)cc(C)c3)CC2)CN1c1ccc(C#N)c(C(F)(F)F)c1. The largest absolute Gasteiger partial charge is 0.417 e. The van der Waals surface area contributed by atoms with E-state index in [1.165, 1.54) is 13.1 Å². The molecule has 2 aromatic carbocycles. The smallest absolute Gasteiger partial charge is 0.359 e. The Labute approximate surface area is 208 Å². The molecule has 0 radical (unpaired) electrons. The van der Waals surface area contributed by atoms with Gasteiger partial charge in [-0.3, -0.25) is 9.59 Å². The standard InChI is InChI=1S/C27H29F3N4O2/c1-17-10-18(2)12-20(11-17)25(36)33-8-6-26(7-9-33)14-23(24(35)32-3)34(16-26)21-5-4-19(15-31)22(13-21)27(28,29)30/h4-5,10-13,23H,6-9,14,16H2,1-3H3,(H,32,35). The van der Waals surface area contributed by atoms with E-state index in [1.54, 1.807) is 11.0 Å². The van der Waals surface area contributed by atoms with Gasteiger partial charge in [0.05, 0.1) is 17.2 Å². The van der Waals surface area contributed by atoms with Gasteiger partial charge in [-0.25, -0.2) is 0 Å². The lowest BCUT2D eigenvalue weighted by molar-refractivity contribution is -0.137. The number of piperidine rings is 1. The number of carbonyl (C=O) groups is 2. The van der Waals surface area contributed by atoms with E-state index in [1.807, 2.05) is 36.9 Å². The second-order valence-electron chi connectivity index (χ2n) is 9.97. The van der Waals surface area contributed by atoms with Crippen molar-refractivity contribution in [1.29, 1.82) is 5.26 Å². The number of nitriles is 1. The fourth-order valence-corrected chi connectivity index (χ4v) is 5.60. The summed E-state index contributed by atoms with van der Waals surface area (Å²) < 4.78 is 40.8. The van der Waals surface area contributed by atoms with Gasteiger partial charge in [0, 0.05) is 37.9 Å². The highest BCUT2D eigenvalue weighted by Crippen LogP contribution is 2.46. The van der Waals surface area contributed by atoms with Gasteiger partial charge in [-0.05, 0) is 68.9 Å². The number of nitrogens with zero attached hydrogens (tertiary/aromatic N) is 3. The molecule has 1 unspecified atom stereocenters. The van der Waals surface area contributed by atoms with Gasteiger partial charge in [-0.15, -0.1) is 0 Å². The van der Waals surface area contributed by atoms with E-state index in [0.29, 0.717) is 44.5 Å². The lowest BCUT2D eigenvalue weighted by Gasteiger charge is -2.39. The number of rotatable bonds is 3. The Bertz CT molecular complexity index is 1210. The van der Waals surface area contributed by atoms with Crippen LogP contribution in [-0.4, -0.2) is 49.4 Å². The number of amides is 2. The lowest BCUT2D eigenvalue weighted by atomic mass is 9.76. The second kappa shape index (κ2) is 9.49. The number of halogens is 3. The normalized spacial score (nSPS) is 19.3. The molecule has 2 heterocycles. The van der Waals surface area contributed by atoms with Crippen LogP contribution in [0.1, 0.15) is 51.9 Å². The van der Waals surface area contributed by atoms with Crippen molar-refractivity contribution in [3.05, 3.63) is 64.2 Å². The molecule has 2 fully saturated rings. The van der Waals surface area contributed by atoms with E-state index in [0.717, 1.165) is 23.3 Å². The van der Waals surface area contributed by atoms with Gasteiger partial charge in [-0.1, -0.05) is 17.2 Å². The highest BCUT2D eigenvalue weighted by atomic mass is 19.4. The average molecular weight is 499 g/mol. The summed E-state index contributed by atoms with van der Waals surface area (Å²) in [6.45, 7) is 5.34. The maximum absolute atomic E-state index is 13.6. The third kappa shape index (κ3) is 4.90. The van der Waals surface area contributed by atoms with Crippen LogP contribution in [0.5, 0.6) is 0 Å². The van der Waals surface area contributed by atoms with Crippen LogP contribution in [0.3, 0.4) is 0 Å². The van der Waals surface area contributed by atoms with Crippen molar-refractivity contribution in [2.75, 3.05) is 31.6 Å². The van der Waals surface area contributed by atoms with Gasteiger partial charge in [0.15, 0.2) is 0 Å². The first-order chi connectivity index (χ1) is 17.0. The van der Waals surface area contributed by atoms with E-state index in [4.69, 9.17) is 5.26 Å². The van der Waals surface area contributed by atoms with Crippen LogP contribution in [-0.2, 0) is 11.0 Å². The molecule has 2 aliphatic heterocycles. The summed E-state index contributed by atoms with van der Waals surface area (Å²) in [5.74, 6) is -0.296. The molecule has 6 nitrogen and oxygen atoms in total. The molecule has 2 aliphatic rings. The Morgan fingerprint density at radius 2 is 1.72 bits per heavy atom. The summed E-state index contributed by atoms with van der Waals surface area (Å²) in [5.41, 5.74) is 1.20. The molecule has 1 atom stereocenters. The zero-order chi connectivity index (χ0) is 26.3. The summed E-state index contributed by atoms with van der Waals surface area (Å²) in [5, 5.41) is 11.8. The van der Waals surface area contributed by atoms with E-state index in [-0.39, 0.29) is 22.9 Å². The van der Waals surface area contributed by atoms with Crippen molar-refractivity contribution in [2.45, 2.75) is 45.3 Å². The van der Waals surface area contributed by atoms with Crippen molar-refractivity contribution >= 4 is 17.5 Å². The first kappa shape index (κ1) is 25.5. The minimum Gasteiger partial charge on any atom is -0.359 e. The summed E-state index contributed by atoms with van der Waals surface area (Å²) in [6.07, 6.45) is -2.90. The van der Waals surface area contributed by atoms with Gasteiger partial charge in [0.25, 0.3) is 5.91 Å². The monoisotopic (exact) mass is 498 g/mol. The Balaban J connectivity index is 1.57. The van der Waals surface area contributed by atoms with E-state index in [9.17, 15) is 22.8 Å². The minimum atomic E-state index is -4.68. The predicted molar refractivity (Wildman–Crippen MR) is 129 cm³/mol. The van der Waals surface area contributed by atoms with Crippen LogP contribution in [0.25, 0.3) is 0 Å². The molecule has 36 heavy (non-hydrogen) atoms. The van der Waals surface area contributed by atoms with Gasteiger partial charge < -0.3 is 15.1 Å². The molecule has 0 saturated carbocycles. The quantitative estimate of drug-likeness (QED) is 0.679. The van der Waals surface area contributed by atoms with Gasteiger partial charge >= 0.3 is 6.18 Å². The van der Waals surface area contributed by atoms with Crippen LogP contribution >= 0.6 is 0 Å². The zero-order valence-electron chi connectivity index (χ0n) is 20.6. The molecular weight excluding hydrogens is 469 g/mol. The molecule has 190 valence electrons. The maximum atomic E-state index is 13.6. The van der Waals surface area contributed by atoms with Crippen molar-refractivity contribution < 1.29 is 22.8 Å². The third-order valence-corrected chi connectivity index (χ3v) is 7.40. The van der Waals surface area contributed by atoms with Crippen molar-refractivity contribution in [3.63, 3.8) is 0 Å². The van der Waals surface area contributed by atoms with Crippen LogP contribution in [0.15, 0.2) is 36.4 Å². The van der Waals surface area contributed by atoms with Crippen molar-refractivity contribution in [1.82, 2.24) is 10.2 Å². The molecule has 4 rings (SSSR count). The molecule has 1 N–H and O–H groups in total. The summed E-state index contributed by atoms with van der Waals surface area (Å²) >= 11 is 0. The highest BCUT2D eigenvalue weighted by Gasteiger charge is 2.49. The molecule has 9 heteroatoms. The first-order valence-electron chi connectivity index (χ1n) is 11.9. The second-order valence-corrected chi connectivity index (χ2v) is 9.97. The number of hydrogen-bond donors (Lipinski definition) is 1. The Hall–Kier alpha value is -3.54. The Kier molecular flexibility index (Phi) is 6.74. The molecular formula is C27H29F3N4O2. The number of benzene rings is 2. The molecule has 2 amide bonds. The topological polar surface area (TPSA) is 76.4 Å². The molecule has 2 aromatic rings. The number of likely N-dealkylation sites (N-methyl/N-ethyl adjacent to an activating group) is 1. The van der Waals surface area contributed by atoms with E-state index in [2.05, 4.69) is 5.32 Å². The van der Waals surface area contributed by atoms with E-state index < -0.39 is 23.3 Å². The molecule has 2 saturated heterocycles. The third-order valence-electron chi connectivity index (χ3n) is 7.40. The van der Waals surface area contributed by atoms with Crippen molar-refractivity contribution in [2.24, 2.45) is 5.41 Å². The van der Waals surface area contributed by atoms with Crippen LogP contribution in [0, 0.1) is 30.6 Å². The Morgan fingerprint density at radius 3 is 2.28 bits per heavy atom. The van der Waals surface area contributed by atoms with E-state index >= 15 is 0 Å². The fraction of sp³-hybridized carbons (Fsp3) is 0.444. The van der Waals surface area contributed by atoms with Gasteiger partial charge in [0.2, 0.25) is 5.91 Å². The first-order valence-corrected chi connectivity index (χ1v) is 11.9. The molecule has 1 spiro atoms. The van der Waals surface area contributed by atoms with Gasteiger partial charge in [-0.2, -0.15) is 18.4 Å². The summed E-state index contributed by atoms with van der Waals surface area (Å²) in [6, 6.07) is 10.3. The van der Waals surface area contributed by atoms with Crippen LogP contribution in [0.2, 0.25) is 0 Å². The number of nitrogens with one attached hydrogen (secondary N) is 1. The lowest BCUT2D eigenvalue weighted by Crippen LogP contribution is -2.44. The molecule has 0 aliphatic carbocycles. The zero-order valence-corrected chi connectivity index (χ0v) is 20.6. The molecule has 0 bridgehead atoms. The van der Waals surface area contributed by atoms with Gasteiger partial charge in [0.1, 0.15) is 6.04 Å². The number of carbonyl (C=O) groups excluding carboxylic acids is 2. The number of anilines is 1. The number of aryl methyl sites for hydroxylation is 2. The van der Waals surface area contributed by atoms with Crippen molar-refractivity contribution in [3.8, 4) is 6.07 Å². The predicted octanol–water partition coefficient (Wildman–Crippen LogP) is 4.44. The minimum absolute atomic E-state index is 0.0312. The van der Waals surface area contributed by atoms with Crippen LogP contribution in [0.4, 0.5) is 18.9 Å². The Morgan fingerprint density at radius 1 is 1.08 bits per heavy atom. The maximum Gasteiger partial charge on any atom is 0.417 e. The number of alkyl halides is 3. The number of hydrogen-bond acceptors (Lipinski definition) is 4. The van der Waals surface area contributed by atoms with Crippen LogP contribution < -0.4 is 10.2 Å². The summed E-state index contributed by atoms with van der Waals surface area (Å²) in [7, 11) is 1.51. The summed E-state index contributed by atoms with van der Waals surface area (Å²) in [4.78, 5) is 29.4. The average Bonchev–Trinajstić information content (AvgIpc) is 3.21. The molecule has 0 aromatic heterocycles. The fourth-order valence-electron chi connectivity index (χ4n) is 5.60. The number of likely N-dealkylation sites (tertiary alicyclic amines) is 1.